The van der Waals surface area contributed by atoms with Gasteiger partial charge in [-0.3, -0.25) is 19.8 Å². The Morgan fingerprint density at radius 3 is 2.86 bits per heavy atom. The van der Waals surface area contributed by atoms with E-state index in [1.807, 2.05) is 0 Å². The molecule has 0 saturated carbocycles. The maximum atomic E-state index is 12.4. The average molecular weight is 305 g/mol. The van der Waals surface area contributed by atoms with Crippen molar-refractivity contribution in [2.75, 3.05) is 18.4 Å². The van der Waals surface area contributed by atoms with Crippen LogP contribution in [-0.2, 0) is 10.5 Å². The molecule has 3 rings (SSSR count). The molecule has 0 radical (unpaired) electrons. The lowest BCUT2D eigenvalue weighted by atomic mass is 9.93. The quantitative estimate of drug-likeness (QED) is 0.641. The Labute approximate surface area is 128 Å². The van der Waals surface area contributed by atoms with E-state index in [2.05, 4.69) is 12.2 Å². The Morgan fingerprint density at radius 2 is 2.23 bits per heavy atom. The fraction of sp³-hybridized carbons (Fsp3) is 0.533. The molecule has 118 valence electrons. The van der Waals surface area contributed by atoms with E-state index >= 15 is 0 Å². The smallest absolute Gasteiger partial charge is 0.276 e. The third-order valence-electron chi connectivity index (χ3n) is 4.58. The van der Waals surface area contributed by atoms with Gasteiger partial charge in [0.1, 0.15) is 0 Å². The van der Waals surface area contributed by atoms with Gasteiger partial charge >= 0.3 is 0 Å². The number of carbonyl (C=O) groups excluding carboxylic acids is 1. The van der Waals surface area contributed by atoms with Crippen LogP contribution in [0.1, 0.15) is 30.9 Å². The molecule has 0 aromatic heterocycles. The Bertz CT molecular complexity index is 660. The highest BCUT2D eigenvalue weighted by Gasteiger charge is 2.52. The number of non-ortho nitro benzene ring substituents is 1. The normalized spacial score (nSPS) is 28.3. The van der Waals surface area contributed by atoms with Crippen molar-refractivity contribution in [3.05, 3.63) is 33.4 Å². The molecule has 0 bridgehead atoms. The van der Waals surface area contributed by atoms with E-state index in [1.165, 1.54) is 12.1 Å². The van der Waals surface area contributed by atoms with Crippen LogP contribution in [0.4, 0.5) is 11.4 Å². The van der Waals surface area contributed by atoms with Crippen LogP contribution in [-0.4, -0.2) is 33.9 Å². The number of benzene rings is 1. The number of amides is 1. The number of nitrogens with one attached hydrogen (secondary N) is 1. The molecule has 0 unspecified atom stereocenters. The summed E-state index contributed by atoms with van der Waals surface area (Å²) in [5, 5.41) is 24.8. The zero-order valence-corrected chi connectivity index (χ0v) is 12.6. The number of likely N-dealkylation sites (tertiary alicyclic amines) is 1. The first-order chi connectivity index (χ1) is 10.3. The van der Waals surface area contributed by atoms with Gasteiger partial charge in [0, 0.05) is 30.8 Å². The van der Waals surface area contributed by atoms with E-state index < -0.39 is 16.6 Å². The van der Waals surface area contributed by atoms with Gasteiger partial charge in [-0.05, 0) is 31.2 Å². The van der Waals surface area contributed by atoms with Crippen molar-refractivity contribution >= 4 is 17.3 Å². The second-order valence-corrected chi connectivity index (χ2v) is 6.26. The zero-order chi connectivity index (χ0) is 16.1. The summed E-state index contributed by atoms with van der Waals surface area (Å²) >= 11 is 0. The molecule has 22 heavy (non-hydrogen) atoms. The summed E-state index contributed by atoms with van der Waals surface area (Å²) in [4.78, 5) is 24.7. The molecular formula is C15H19N3O4. The highest BCUT2D eigenvalue weighted by molar-refractivity contribution is 6.05. The van der Waals surface area contributed by atoms with Gasteiger partial charge in [-0.15, -0.1) is 0 Å². The summed E-state index contributed by atoms with van der Waals surface area (Å²) in [7, 11) is 0. The molecule has 2 aliphatic rings. The molecular weight excluding hydrogens is 286 g/mol. The number of aliphatic hydroxyl groups is 1. The average Bonchev–Trinajstić information content (AvgIpc) is 2.73. The van der Waals surface area contributed by atoms with Gasteiger partial charge in [-0.1, -0.05) is 6.92 Å². The number of nitro groups is 1. The second-order valence-electron chi connectivity index (χ2n) is 6.26. The van der Waals surface area contributed by atoms with Crippen molar-refractivity contribution in [3.63, 3.8) is 0 Å². The molecule has 0 aliphatic carbocycles. The minimum absolute atomic E-state index is 0.115. The molecule has 2 atom stereocenters. The molecule has 7 nitrogen and oxygen atoms in total. The van der Waals surface area contributed by atoms with E-state index in [9.17, 15) is 20.0 Å². The number of nitrogens with zero attached hydrogens (tertiary/aromatic N) is 2. The molecule has 1 aromatic carbocycles. The Hall–Kier alpha value is -1.99. The first-order valence-corrected chi connectivity index (χ1v) is 7.42. The van der Waals surface area contributed by atoms with E-state index in [-0.39, 0.29) is 5.69 Å². The minimum Gasteiger partial charge on any atom is -0.364 e. The minimum atomic E-state index is -1.82. The lowest BCUT2D eigenvalue weighted by molar-refractivity contribution is -0.385. The maximum absolute atomic E-state index is 12.4. The highest BCUT2D eigenvalue weighted by Crippen LogP contribution is 2.43. The SMILES string of the molecule is Cc1cc([N+](=O)[O-])cc2c1NC(=O)[C@@]2(O)N1CCC[C@H](C)C1. The maximum Gasteiger partial charge on any atom is 0.276 e. The number of rotatable bonds is 2. The molecule has 2 N–H and O–H groups in total. The van der Waals surface area contributed by atoms with Crippen LogP contribution in [0.3, 0.4) is 0 Å². The number of nitro benzene ring substituents is 1. The van der Waals surface area contributed by atoms with Crippen molar-refractivity contribution in [3.8, 4) is 0 Å². The van der Waals surface area contributed by atoms with Crippen molar-refractivity contribution in [2.24, 2.45) is 5.92 Å². The van der Waals surface area contributed by atoms with Crippen molar-refractivity contribution in [1.29, 1.82) is 0 Å². The van der Waals surface area contributed by atoms with E-state index in [1.54, 1.807) is 11.8 Å². The molecule has 1 aromatic rings. The second kappa shape index (κ2) is 5.03. The zero-order valence-electron chi connectivity index (χ0n) is 12.6. The summed E-state index contributed by atoms with van der Waals surface area (Å²) in [6.07, 6.45) is 1.94. The number of fused-ring (bicyclic) bond motifs is 1. The Balaban J connectivity index is 2.11. The predicted molar refractivity (Wildman–Crippen MR) is 80.3 cm³/mol. The van der Waals surface area contributed by atoms with Crippen molar-refractivity contribution < 1.29 is 14.8 Å². The van der Waals surface area contributed by atoms with Gasteiger partial charge in [0.05, 0.1) is 10.6 Å². The van der Waals surface area contributed by atoms with Gasteiger partial charge in [0.2, 0.25) is 5.72 Å². The summed E-state index contributed by atoms with van der Waals surface area (Å²) in [6, 6.07) is 2.71. The van der Waals surface area contributed by atoms with E-state index in [4.69, 9.17) is 0 Å². The van der Waals surface area contributed by atoms with Gasteiger partial charge in [0.25, 0.3) is 11.6 Å². The lowest BCUT2D eigenvalue weighted by Crippen LogP contribution is -2.54. The molecule has 0 spiro atoms. The van der Waals surface area contributed by atoms with Crippen LogP contribution in [0.2, 0.25) is 0 Å². The summed E-state index contributed by atoms with van der Waals surface area (Å²) in [5.74, 6) is -0.158. The van der Waals surface area contributed by atoms with E-state index in [0.717, 1.165) is 12.8 Å². The number of anilines is 1. The number of aryl methyl sites for hydroxylation is 1. The summed E-state index contributed by atoms with van der Waals surface area (Å²) < 4.78 is 0. The number of hydrogen-bond donors (Lipinski definition) is 2. The number of piperidine rings is 1. The van der Waals surface area contributed by atoms with Crippen molar-refractivity contribution in [1.82, 2.24) is 4.90 Å². The standard InChI is InChI=1S/C15H19N3O4/c1-9-4-3-5-17(8-9)15(20)12-7-11(18(21)22)6-10(2)13(12)16-14(15)19/h6-7,9,20H,3-5,8H2,1-2H3,(H,16,19)/t9-,15+/m0/s1. The van der Waals surface area contributed by atoms with Gasteiger partial charge in [0.15, 0.2) is 0 Å². The molecule has 2 heterocycles. The molecule has 1 fully saturated rings. The highest BCUT2D eigenvalue weighted by atomic mass is 16.6. The van der Waals surface area contributed by atoms with Gasteiger partial charge < -0.3 is 10.4 Å². The van der Waals surface area contributed by atoms with E-state index in [0.29, 0.717) is 35.8 Å². The van der Waals surface area contributed by atoms with Crippen LogP contribution in [0.15, 0.2) is 12.1 Å². The van der Waals surface area contributed by atoms with Crippen LogP contribution >= 0.6 is 0 Å². The molecule has 1 amide bonds. The Morgan fingerprint density at radius 1 is 1.50 bits per heavy atom. The van der Waals surface area contributed by atoms with Crippen LogP contribution in [0, 0.1) is 23.0 Å². The fourth-order valence-electron chi connectivity index (χ4n) is 3.43. The van der Waals surface area contributed by atoms with Crippen molar-refractivity contribution in [2.45, 2.75) is 32.4 Å². The molecule has 7 heteroatoms. The third kappa shape index (κ3) is 2.08. The fourth-order valence-corrected chi connectivity index (χ4v) is 3.43. The first-order valence-electron chi connectivity index (χ1n) is 7.42. The third-order valence-corrected chi connectivity index (χ3v) is 4.58. The summed E-state index contributed by atoms with van der Waals surface area (Å²) in [6.45, 7) is 4.94. The predicted octanol–water partition coefficient (Wildman–Crippen LogP) is 1.73. The summed E-state index contributed by atoms with van der Waals surface area (Å²) in [5.41, 5.74) is -0.578. The van der Waals surface area contributed by atoms with Crippen LogP contribution in [0.5, 0.6) is 0 Å². The molecule has 1 saturated heterocycles. The number of carbonyl (C=O) groups is 1. The molecule has 2 aliphatic heterocycles. The first kappa shape index (κ1) is 14.9. The topological polar surface area (TPSA) is 95.7 Å². The largest absolute Gasteiger partial charge is 0.364 e. The van der Waals surface area contributed by atoms with Gasteiger partial charge in [-0.25, -0.2) is 0 Å². The van der Waals surface area contributed by atoms with Crippen LogP contribution < -0.4 is 5.32 Å². The lowest BCUT2D eigenvalue weighted by Gasteiger charge is -2.39. The van der Waals surface area contributed by atoms with Gasteiger partial charge in [-0.2, -0.15) is 0 Å². The number of hydrogen-bond acceptors (Lipinski definition) is 5. The monoisotopic (exact) mass is 305 g/mol. The Kier molecular flexibility index (Phi) is 3.41. The van der Waals surface area contributed by atoms with Crippen LogP contribution in [0.25, 0.3) is 0 Å².